The van der Waals surface area contributed by atoms with Gasteiger partial charge >= 0.3 is 5.97 Å². The van der Waals surface area contributed by atoms with E-state index in [1.807, 2.05) is 12.1 Å². The molecule has 3 rings (SSSR count). The Morgan fingerprint density at radius 3 is 2.41 bits per heavy atom. The Hall–Kier alpha value is -2.56. The molecule has 0 unspecified atom stereocenters. The maximum Gasteiger partial charge on any atom is 0.329 e. The Morgan fingerprint density at radius 2 is 1.73 bits per heavy atom. The molecule has 2 aromatic rings. The van der Waals surface area contributed by atoms with Gasteiger partial charge in [0.05, 0.1) is 5.56 Å². The zero-order chi connectivity index (χ0) is 15.7. The van der Waals surface area contributed by atoms with E-state index >= 15 is 0 Å². The summed E-state index contributed by atoms with van der Waals surface area (Å²) in [4.78, 5) is 24.0. The summed E-state index contributed by atoms with van der Waals surface area (Å²) in [6.07, 6.45) is 2.39. The lowest BCUT2D eigenvalue weighted by molar-refractivity contribution is -0.144. The Kier molecular flexibility index (Phi) is 3.48. The van der Waals surface area contributed by atoms with Crippen molar-refractivity contribution in [2.24, 2.45) is 0 Å². The van der Waals surface area contributed by atoms with Crippen LogP contribution in [0.3, 0.4) is 0 Å². The number of carboxylic acid groups (broad SMARTS) is 1. The fourth-order valence-electron chi connectivity index (χ4n) is 3.09. The molecule has 1 fully saturated rings. The molecule has 0 aromatic heterocycles. The number of amides is 1. The number of rotatable bonds is 3. The molecule has 5 heteroatoms. The Morgan fingerprint density at radius 1 is 1.05 bits per heavy atom. The standard InChI is InChI=1S/C17H17NO4/c19-14-12-6-2-1-5-11(12)7-8-13(14)15(20)18-17(16(21)22)9-3-4-10-17/h1-2,5-8,19H,3-4,9-10H2,(H,18,20)(H,21,22). The zero-order valence-corrected chi connectivity index (χ0v) is 12.0. The molecule has 2 aromatic carbocycles. The predicted molar refractivity (Wildman–Crippen MR) is 81.9 cm³/mol. The maximum atomic E-state index is 12.4. The molecule has 0 spiro atoms. The summed E-state index contributed by atoms with van der Waals surface area (Å²) in [5.74, 6) is -1.68. The first-order valence-electron chi connectivity index (χ1n) is 7.30. The molecule has 0 bridgehead atoms. The summed E-state index contributed by atoms with van der Waals surface area (Å²) < 4.78 is 0. The summed E-state index contributed by atoms with van der Waals surface area (Å²) in [5.41, 5.74) is -1.11. The van der Waals surface area contributed by atoms with Crippen molar-refractivity contribution in [1.82, 2.24) is 5.32 Å². The molecule has 1 amide bonds. The third-order valence-electron chi connectivity index (χ3n) is 4.36. The molecule has 1 aliphatic carbocycles. The normalized spacial score (nSPS) is 16.5. The highest BCUT2D eigenvalue weighted by Gasteiger charge is 2.43. The number of carbonyl (C=O) groups excluding carboxylic acids is 1. The largest absolute Gasteiger partial charge is 0.506 e. The number of carboxylic acids is 1. The van der Waals surface area contributed by atoms with Gasteiger partial charge in [-0.25, -0.2) is 4.79 Å². The van der Waals surface area contributed by atoms with E-state index in [0.717, 1.165) is 18.2 Å². The van der Waals surface area contributed by atoms with Crippen molar-refractivity contribution < 1.29 is 19.8 Å². The summed E-state index contributed by atoms with van der Waals surface area (Å²) >= 11 is 0. The van der Waals surface area contributed by atoms with Crippen LogP contribution in [0.25, 0.3) is 10.8 Å². The van der Waals surface area contributed by atoms with Crippen LogP contribution in [-0.2, 0) is 4.79 Å². The smallest absolute Gasteiger partial charge is 0.329 e. The molecular formula is C17H17NO4. The molecule has 1 aliphatic rings. The van der Waals surface area contributed by atoms with Crippen LogP contribution in [0.5, 0.6) is 5.75 Å². The van der Waals surface area contributed by atoms with Gasteiger partial charge in [0, 0.05) is 5.39 Å². The SMILES string of the molecule is O=C(NC1(C(=O)O)CCCC1)c1ccc2ccccc2c1O. The number of nitrogens with one attached hydrogen (secondary N) is 1. The second-order valence-electron chi connectivity index (χ2n) is 5.73. The summed E-state index contributed by atoms with van der Waals surface area (Å²) in [7, 11) is 0. The van der Waals surface area contributed by atoms with Crippen molar-refractivity contribution in [3.63, 3.8) is 0 Å². The van der Waals surface area contributed by atoms with E-state index in [4.69, 9.17) is 0 Å². The van der Waals surface area contributed by atoms with Crippen molar-refractivity contribution >= 4 is 22.6 Å². The lowest BCUT2D eigenvalue weighted by atomic mass is 9.96. The third-order valence-corrected chi connectivity index (χ3v) is 4.36. The molecule has 0 radical (unpaired) electrons. The monoisotopic (exact) mass is 299 g/mol. The van der Waals surface area contributed by atoms with Crippen LogP contribution < -0.4 is 5.32 Å². The van der Waals surface area contributed by atoms with E-state index in [2.05, 4.69) is 5.32 Å². The number of hydrogen-bond donors (Lipinski definition) is 3. The molecule has 5 nitrogen and oxygen atoms in total. The van der Waals surface area contributed by atoms with E-state index in [-0.39, 0.29) is 11.3 Å². The van der Waals surface area contributed by atoms with Gasteiger partial charge < -0.3 is 15.5 Å². The van der Waals surface area contributed by atoms with Crippen LogP contribution >= 0.6 is 0 Å². The number of aliphatic carboxylic acids is 1. The summed E-state index contributed by atoms with van der Waals surface area (Å²) in [5, 5.41) is 23.7. The highest BCUT2D eigenvalue weighted by atomic mass is 16.4. The Labute approximate surface area is 127 Å². The number of benzene rings is 2. The van der Waals surface area contributed by atoms with Crippen LogP contribution in [0.4, 0.5) is 0 Å². The molecule has 3 N–H and O–H groups in total. The van der Waals surface area contributed by atoms with Gasteiger partial charge in [-0.15, -0.1) is 0 Å². The van der Waals surface area contributed by atoms with Gasteiger partial charge in [0.15, 0.2) is 0 Å². The Bertz CT molecular complexity index is 747. The average molecular weight is 299 g/mol. The van der Waals surface area contributed by atoms with Gasteiger partial charge in [-0.1, -0.05) is 43.2 Å². The number of phenolic OH excluding ortho intramolecular Hbond substituents is 1. The zero-order valence-electron chi connectivity index (χ0n) is 12.0. The van der Waals surface area contributed by atoms with E-state index in [1.165, 1.54) is 6.07 Å². The minimum Gasteiger partial charge on any atom is -0.506 e. The van der Waals surface area contributed by atoms with Crippen LogP contribution in [-0.4, -0.2) is 27.6 Å². The number of fused-ring (bicyclic) bond motifs is 1. The highest BCUT2D eigenvalue weighted by Crippen LogP contribution is 2.32. The van der Waals surface area contributed by atoms with Gasteiger partial charge in [0.2, 0.25) is 0 Å². The van der Waals surface area contributed by atoms with Gasteiger partial charge in [-0.2, -0.15) is 0 Å². The van der Waals surface area contributed by atoms with E-state index in [9.17, 15) is 19.8 Å². The summed E-state index contributed by atoms with van der Waals surface area (Å²) in [6.45, 7) is 0. The van der Waals surface area contributed by atoms with Gasteiger partial charge in [-0.3, -0.25) is 4.79 Å². The molecular weight excluding hydrogens is 282 g/mol. The molecule has 0 heterocycles. The van der Waals surface area contributed by atoms with Crippen molar-refractivity contribution in [3.8, 4) is 5.75 Å². The van der Waals surface area contributed by atoms with Gasteiger partial charge in [0.25, 0.3) is 5.91 Å². The quantitative estimate of drug-likeness (QED) is 0.813. The predicted octanol–water partition coefficient (Wildman–Crippen LogP) is 2.67. The van der Waals surface area contributed by atoms with E-state index in [1.54, 1.807) is 18.2 Å². The van der Waals surface area contributed by atoms with Gasteiger partial charge in [-0.05, 0) is 24.3 Å². The second-order valence-corrected chi connectivity index (χ2v) is 5.73. The fraction of sp³-hybridized carbons (Fsp3) is 0.294. The number of carbonyl (C=O) groups is 2. The minimum absolute atomic E-state index is 0.103. The van der Waals surface area contributed by atoms with E-state index < -0.39 is 17.4 Å². The van der Waals surface area contributed by atoms with Crippen LogP contribution in [0.1, 0.15) is 36.0 Å². The molecule has 0 saturated heterocycles. The number of aromatic hydroxyl groups is 1. The van der Waals surface area contributed by atoms with Crippen molar-refractivity contribution in [1.29, 1.82) is 0 Å². The number of hydrogen-bond acceptors (Lipinski definition) is 3. The minimum atomic E-state index is -1.21. The topological polar surface area (TPSA) is 86.6 Å². The highest BCUT2D eigenvalue weighted by molar-refractivity contribution is 6.05. The van der Waals surface area contributed by atoms with E-state index in [0.29, 0.717) is 18.2 Å². The molecule has 22 heavy (non-hydrogen) atoms. The van der Waals surface area contributed by atoms with Gasteiger partial charge in [0.1, 0.15) is 11.3 Å². The fourth-order valence-corrected chi connectivity index (χ4v) is 3.09. The first-order valence-corrected chi connectivity index (χ1v) is 7.30. The Balaban J connectivity index is 1.95. The molecule has 0 atom stereocenters. The second kappa shape index (κ2) is 5.33. The third kappa shape index (κ3) is 2.28. The van der Waals surface area contributed by atoms with Crippen molar-refractivity contribution in [3.05, 3.63) is 42.0 Å². The lowest BCUT2D eigenvalue weighted by Crippen LogP contribution is -2.52. The van der Waals surface area contributed by atoms with Crippen molar-refractivity contribution in [2.75, 3.05) is 0 Å². The lowest BCUT2D eigenvalue weighted by Gasteiger charge is -2.25. The van der Waals surface area contributed by atoms with Crippen molar-refractivity contribution in [2.45, 2.75) is 31.2 Å². The van der Waals surface area contributed by atoms with Crippen LogP contribution in [0.2, 0.25) is 0 Å². The van der Waals surface area contributed by atoms with Crippen LogP contribution in [0.15, 0.2) is 36.4 Å². The number of phenols is 1. The van der Waals surface area contributed by atoms with Crippen LogP contribution in [0, 0.1) is 0 Å². The molecule has 0 aliphatic heterocycles. The maximum absolute atomic E-state index is 12.4. The first-order chi connectivity index (χ1) is 10.5. The average Bonchev–Trinajstić information content (AvgIpc) is 2.97. The molecule has 114 valence electrons. The first kappa shape index (κ1) is 14.4. The molecule has 1 saturated carbocycles. The summed E-state index contributed by atoms with van der Waals surface area (Å²) in [6, 6.07) is 10.5.